The van der Waals surface area contributed by atoms with Crippen molar-refractivity contribution >= 4 is 34.3 Å². The molecule has 0 bridgehead atoms. The second-order valence-electron chi connectivity index (χ2n) is 4.70. The van der Waals surface area contributed by atoms with Crippen molar-refractivity contribution in [2.45, 2.75) is 26.7 Å². The molecule has 0 unspecified atom stereocenters. The molecule has 1 amide bonds. The van der Waals surface area contributed by atoms with Crippen molar-refractivity contribution in [3.05, 3.63) is 35.0 Å². The van der Waals surface area contributed by atoms with E-state index in [1.165, 1.54) is 11.5 Å². The predicted octanol–water partition coefficient (Wildman–Crippen LogP) is 3.48. The van der Waals surface area contributed by atoms with E-state index in [-0.39, 0.29) is 11.8 Å². The molecule has 0 saturated heterocycles. The van der Waals surface area contributed by atoms with Gasteiger partial charge in [0.05, 0.1) is 11.1 Å². The molecule has 0 aliphatic carbocycles. The minimum atomic E-state index is -0.161. The molecule has 0 aliphatic heterocycles. The SMILES string of the molecule is CCCCNC(=O)c1cn(C(C)=O)c2cc(Cl)ccc12. The highest BCUT2D eigenvalue weighted by Gasteiger charge is 2.16. The van der Waals surface area contributed by atoms with Crippen LogP contribution in [0.2, 0.25) is 5.02 Å². The summed E-state index contributed by atoms with van der Waals surface area (Å²) in [4.78, 5) is 23.8. The van der Waals surface area contributed by atoms with Crippen molar-refractivity contribution in [1.82, 2.24) is 9.88 Å². The van der Waals surface area contributed by atoms with E-state index in [9.17, 15) is 9.59 Å². The van der Waals surface area contributed by atoms with E-state index in [1.54, 1.807) is 24.4 Å². The highest BCUT2D eigenvalue weighted by atomic mass is 35.5. The number of benzene rings is 1. The number of nitrogens with one attached hydrogen (secondary N) is 1. The molecule has 0 saturated carbocycles. The third kappa shape index (κ3) is 2.85. The molecule has 20 heavy (non-hydrogen) atoms. The molecule has 0 fully saturated rings. The van der Waals surface area contributed by atoms with Crippen LogP contribution in [0.3, 0.4) is 0 Å². The van der Waals surface area contributed by atoms with Gasteiger partial charge in [-0.2, -0.15) is 0 Å². The number of rotatable bonds is 4. The second kappa shape index (κ2) is 6.09. The van der Waals surface area contributed by atoms with Crippen LogP contribution in [-0.4, -0.2) is 22.9 Å². The Morgan fingerprint density at radius 3 is 2.75 bits per heavy atom. The minimum Gasteiger partial charge on any atom is -0.352 e. The first kappa shape index (κ1) is 14.6. The van der Waals surface area contributed by atoms with E-state index in [0.717, 1.165) is 18.2 Å². The number of unbranched alkanes of at least 4 members (excludes halogenated alkanes) is 1. The van der Waals surface area contributed by atoms with Crippen LogP contribution in [0.15, 0.2) is 24.4 Å². The van der Waals surface area contributed by atoms with Crippen molar-refractivity contribution < 1.29 is 9.59 Å². The standard InChI is InChI=1S/C15H17ClN2O2/c1-3-4-7-17-15(20)13-9-18(10(2)19)14-8-11(16)5-6-12(13)14/h5-6,8-9H,3-4,7H2,1-2H3,(H,17,20). The Bertz CT molecular complexity index is 661. The van der Waals surface area contributed by atoms with E-state index in [1.807, 2.05) is 0 Å². The lowest BCUT2D eigenvalue weighted by Gasteiger charge is -2.02. The van der Waals surface area contributed by atoms with Crippen LogP contribution in [0, 0.1) is 0 Å². The number of aromatic nitrogens is 1. The summed E-state index contributed by atoms with van der Waals surface area (Å²) in [5.41, 5.74) is 1.16. The van der Waals surface area contributed by atoms with Gasteiger partial charge in [0.2, 0.25) is 5.91 Å². The summed E-state index contributed by atoms with van der Waals surface area (Å²) in [5, 5.41) is 4.14. The molecule has 2 aromatic rings. The van der Waals surface area contributed by atoms with Crippen LogP contribution in [0.25, 0.3) is 10.9 Å². The second-order valence-corrected chi connectivity index (χ2v) is 5.14. The summed E-state index contributed by atoms with van der Waals surface area (Å²) >= 11 is 5.96. The maximum atomic E-state index is 12.2. The number of halogens is 1. The molecule has 5 heteroatoms. The van der Waals surface area contributed by atoms with Crippen LogP contribution in [-0.2, 0) is 0 Å². The van der Waals surface area contributed by atoms with Gasteiger partial charge < -0.3 is 5.32 Å². The van der Waals surface area contributed by atoms with Crippen LogP contribution in [0.5, 0.6) is 0 Å². The smallest absolute Gasteiger partial charge is 0.253 e. The van der Waals surface area contributed by atoms with Gasteiger partial charge in [0.1, 0.15) is 0 Å². The summed E-state index contributed by atoms with van der Waals surface area (Å²) in [5.74, 6) is -0.310. The molecular weight excluding hydrogens is 276 g/mol. The Morgan fingerprint density at radius 2 is 2.10 bits per heavy atom. The quantitative estimate of drug-likeness (QED) is 0.877. The first-order chi connectivity index (χ1) is 9.54. The van der Waals surface area contributed by atoms with Crippen molar-refractivity contribution in [2.75, 3.05) is 6.54 Å². The van der Waals surface area contributed by atoms with Gasteiger partial charge in [-0.1, -0.05) is 31.0 Å². The monoisotopic (exact) mass is 292 g/mol. The third-order valence-electron chi connectivity index (χ3n) is 3.17. The molecule has 1 N–H and O–H groups in total. The predicted molar refractivity (Wildman–Crippen MR) is 80.5 cm³/mol. The lowest BCUT2D eigenvalue weighted by molar-refractivity contribution is 0.0941. The third-order valence-corrected chi connectivity index (χ3v) is 3.40. The maximum Gasteiger partial charge on any atom is 0.253 e. The highest BCUT2D eigenvalue weighted by molar-refractivity contribution is 6.31. The van der Waals surface area contributed by atoms with Gasteiger partial charge in [-0.15, -0.1) is 0 Å². The molecule has 0 radical (unpaired) electrons. The maximum absolute atomic E-state index is 12.2. The van der Waals surface area contributed by atoms with E-state index in [4.69, 9.17) is 11.6 Å². The topological polar surface area (TPSA) is 51.1 Å². The Balaban J connectivity index is 2.43. The van der Waals surface area contributed by atoms with Gasteiger partial charge in [-0.3, -0.25) is 14.2 Å². The molecule has 1 aromatic carbocycles. The largest absolute Gasteiger partial charge is 0.352 e. The molecule has 0 spiro atoms. The molecule has 1 aromatic heterocycles. The highest BCUT2D eigenvalue weighted by Crippen LogP contribution is 2.24. The summed E-state index contributed by atoms with van der Waals surface area (Å²) in [6.45, 7) is 4.16. The minimum absolute atomic E-state index is 0.148. The molecule has 0 aliphatic rings. The lowest BCUT2D eigenvalue weighted by Crippen LogP contribution is -2.24. The van der Waals surface area contributed by atoms with Gasteiger partial charge in [-0.05, 0) is 18.6 Å². The zero-order chi connectivity index (χ0) is 14.7. The van der Waals surface area contributed by atoms with Gasteiger partial charge in [0.25, 0.3) is 5.91 Å². The van der Waals surface area contributed by atoms with Crippen LogP contribution >= 0.6 is 11.6 Å². The molecule has 4 nitrogen and oxygen atoms in total. The van der Waals surface area contributed by atoms with Gasteiger partial charge in [0.15, 0.2) is 0 Å². The zero-order valence-corrected chi connectivity index (χ0v) is 12.3. The Kier molecular flexibility index (Phi) is 4.45. The molecular formula is C15H17ClN2O2. The lowest BCUT2D eigenvalue weighted by atomic mass is 10.1. The summed E-state index contributed by atoms with van der Waals surface area (Å²) in [6.07, 6.45) is 3.53. The Morgan fingerprint density at radius 1 is 1.35 bits per heavy atom. The van der Waals surface area contributed by atoms with Gasteiger partial charge in [-0.25, -0.2) is 0 Å². The Hall–Kier alpha value is -1.81. The number of fused-ring (bicyclic) bond motifs is 1. The van der Waals surface area contributed by atoms with E-state index < -0.39 is 0 Å². The van der Waals surface area contributed by atoms with Gasteiger partial charge in [0, 0.05) is 30.1 Å². The van der Waals surface area contributed by atoms with E-state index in [2.05, 4.69) is 12.2 Å². The fourth-order valence-electron chi connectivity index (χ4n) is 2.12. The number of carbonyl (C=O) groups is 2. The van der Waals surface area contributed by atoms with Crippen molar-refractivity contribution in [3.8, 4) is 0 Å². The molecule has 106 valence electrons. The average Bonchev–Trinajstić information content (AvgIpc) is 2.77. The Labute approximate surface area is 122 Å². The van der Waals surface area contributed by atoms with E-state index >= 15 is 0 Å². The normalized spacial score (nSPS) is 10.8. The van der Waals surface area contributed by atoms with E-state index in [0.29, 0.717) is 22.6 Å². The molecule has 2 rings (SSSR count). The molecule has 1 heterocycles. The number of hydrogen-bond acceptors (Lipinski definition) is 2. The summed E-state index contributed by atoms with van der Waals surface area (Å²) < 4.78 is 1.45. The number of nitrogens with zero attached hydrogens (tertiary/aromatic N) is 1. The zero-order valence-electron chi connectivity index (χ0n) is 11.6. The van der Waals surface area contributed by atoms with Crippen molar-refractivity contribution in [2.24, 2.45) is 0 Å². The van der Waals surface area contributed by atoms with Gasteiger partial charge >= 0.3 is 0 Å². The first-order valence-electron chi connectivity index (χ1n) is 6.64. The van der Waals surface area contributed by atoms with Crippen LogP contribution < -0.4 is 5.32 Å². The first-order valence-corrected chi connectivity index (χ1v) is 7.02. The summed E-state index contributed by atoms with van der Waals surface area (Å²) in [6, 6.07) is 5.18. The number of amides is 1. The number of hydrogen-bond donors (Lipinski definition) is 1. The average molecular weight is 293 g/mol. The van der Waals surface area contributed by atoms with Crippen LogP contribution in [0.4, 0.5) is 0 Å². The molecule has 0 atom stereocenters. The summed E-state index contributed by atoms with van der Waals surface area (Å²) in [7, 11) is 0. The fourth-order valence-corrected chi connectivity index (χ4v) is 2.28. The fraction of sp³-hybridized carbons (Fsp3) is 0.333. The van der Waals surface area contributed by atoms with Crippen molar-refractivity contribution in [3.63, 3.8) is 0 Å². The van der Waals surface area contributed by atoms with Crippen LogP contribution in [0.1, 0.15) is 41.8 Å². The van der Waals surface area contributed by atoms with Crippen molar-refractivity contribution in [1.29, 1.82) is 0 Å². The number of carbonyl (C=O) groups excluding carboxylic acids is 2.